The predicted molar refractivity (Wildman–Crippen MR) is 115 cm³/mol. The first-order valence-corrected chi connectivity index (χ1v) is 10.1. The van der Waals surface area contributed by atoms with Crippen molar-refractivity contribution in [1.29, 1.82) is 0 Å². The van der Waals surface area contributed by atoms with E-state index in [2.05, 4.69) is 15.2 Å². The van der Waals surface area contributed by atoms with Crippen LogP contribution in [0.15, 0.2) is 53.1 Å². The van der Waals surface area contributed by atoms with Crippen molar-refractivity contribution >= 4 is 0 Å². The first-order chi connectivity index (χ1) is 15.7. The summed E-state index contributed by atoms with van der Waals surface area (Å²) in [6.45, 7) is 1.04. The summed E-state index contributed by atoms with van der Waals surface area (Å²) in [5.74, 6) is 2.83. The summed E-state index contributed by atoms with van der Waals surface area (Å²) in [5.41, 5.74) is 3.39. The molecule has 0 fully saturated rings. The second kappa shape index (κ2) is 8.35. The molecule has 32 heavy (non-hydrogen) atoms. The van der Waals surface area contributed by atoms with Crippen molar-refractivity contribution in [3.05, 3.63) is 59.8 Å². The maximum atomic E-state index is 6.04. The van der Waals surface area contributed by atoms with Gasteiger partial charge >= 0.3 is 0 Å². The summed E-state index contributed by atoms with van der Waals surface area (Å²) in [7, 11) is 4.82. The normalized spacial score (nSPS) is 15.3. The van der Waals surface area contributed by atoms with Gasteiger partial charge in [-0.1, -0.05) is 17.3 Å². The standard InChI is InChI=1S/C23H22N4O5/c1-28-17-7-4-14(5-8-17)21-12-27-16(13-31-21)11-18(25-27)23-24-22(26-32-23)15-6-9-19(29-2)20(10-15)30-3/h4-11,21H,12-13H2,1-3H3/t21-/m0/s1. The zero-order valence-electron chi connectivity index (χ0n) is 17.9. The molecule has 9 heteroatoms. The number of hydrogen-bond acceptors (Lipinski definition) is 8. The first kappa shape index (κ1) is 20.1. The molecule has 1 aliphatic heterocycles. The van der Waals surface area contributed by atoms with Crippen molar-refractivity contribution in [2.24, 2.45) is 0 Å². The third-order valence-corrected chi connectivity index (χ3v) is 5.41. The molecular formula is C23H22N4O5. The highest BCUT2D eigenvalue weighted by Gasteiger charge is 2.24. The van der Waals surface area contributed by atoms with Gasteiger partial charge in [-0.2, -0.15) is 10.1 Å². The smallest absolute Gasteiger partial charge is 0.278 e. The Morgan fingerprint density at radius 3 is 2.50 bits per heavy atom. The number of fused-ring (bicyclic) bond motifs is 1. The molecule has 0 saturated heterocycles. The number of benzene rings is 2. The molecule has 164 valence electrons. The van der Waals surface area contributed by atoms with E-state index in [9.17, 15) is 0 Å². The van der Waals surface area contributed by atoms with Crippen molar-refractivity contribution in [2.45, 2.75) is 19.3 Å². The van der Waals surface area contributed by atoms with Gasteiger partial charge in [-0.25, -0.2) is 0 Å². The molecule has 0 aliphatic carbocycles. The third kappa shape index (κ3) is 3.67. The Morgan fingerprint density at radius 2 is 1.75 bits per heavy atom. The molecule has 5 rings (SSSR count). The number of methoxy groups -OCH3 is 3. The van der Waals surface area contributed by atoms with Crippen LogP contribution in [0.5, 0.6) is 17.2 Å². The molecule has 1 aliphatic rings. The fraction of sp³-hybridized carbons (Fsp3) is 0.261. The zero-order valence-corrected chi connectivity index (χ0v) is 17.9. The van der Waals surface area contributed by atoms with Crippen molar-refractivity contribution < 1.29 is 23.5 Å². The molecule has 9 nitrogen and oxygen atoms in total. The van der Waals surface area contributed by atoms with Gasteiger partial charge in [0.2, 0.25) is 5.82 Å². The Balaban J connectivity index is 1.37. The van der Waals surface area contributed by atoms with Crippen molar-refractivity contribution in [3.63, 3.8) is 0 Å². The molecule has 0 N–H and O–H groups in total. The lowest BCUT2D eigenvalue weighted by molar-refractivity contribution is -0.00115. The Bertz CT molecular complexity index is 1230. The average molecular weight is 434 g/mol. The van der Waals surface area contributed by atoms with E-state index in [1.807, 2.05) is 41.1 Å². The molecule has 0 saturated carbocycles. The maximum absolute atomic E-state index is 6.04. The fourth-order valence-electron chi connectivity index (χ4n) is 3.67. The molecule has 1 atom stereocenters. The Labute approximate surface area is 184 Å². The van der Waals surface area contributed by atoms with E-state index in [1.54, 1.807) is 33.5 Å². The SMILES string of the molecule is COc1ccc([C@@H]2Cn3nc(-c4nc(-c5ccc(OC)c(OC)c5)no4)cc3CO2)cc1. The van der Waals surface area contributed by atoms with Crippen molar-refractivity contribution in [2.75, 3.05) is 21.3 Å². The summed E-state index contributed by atoms with van der Waals surface area (Å²) in [6, 6.07) is 15.2. The van der Waals surface area contributed by atoms with Crippen molar-refractivity contribution in [1.82, 2.24) is 19.9 Å². The number of aromatic nitrogens is 4. The Hall–Kier alpha value is -3.85. The van der Waals surface area contributed by atoms with Gasteiger partial charge in [-0.05, 0) is 42.0 Å². The highest BCUT2D eigenvalue weighted by Crippen LogP contribution is 2.33. The largest absolute Gasteiger partial charge is 0.497 e. The second-order valence-electron chi connectivity index (χ2n) is 7.27. The third-order valence-electron chi connectivity index (χ3n) is 5.41. The van der Waals surface area contributed by atoms with Crippen LogP contribution in [-0.2, 0) is 17.9 Å². The van der Waals surface area contributed by atoms with Gasteiger partial charge in [0, 0.05) is 5.56 Å². The number of ether oxygens (including phenoxy) is 4. The van der Waals surface area contributed by atoms with Crippen LogP contribution in [0, 0.1) is 0 Å². The molecule has 0 radical (unpaired) electrons. The van der Waals surface area contributed by atoms with E-state index < -0.39 is 0 Å². The van der Waals surface area contributed by atoms with Gasteiger partial charge in [0.15, 0.2) is 17.2 Å². The quantitative estimate of drug-likeness (QED) is 0.451. The van der Waals surface area contributed by atoms with Crippen LogP contribution in [0.25, 0.3) is 23.0 Å². The molecule has 0 unspecified atom stereocenters. The fourth-order valence-corrected chi connectivity index (χ4v) is 3.67. The summed E-state index contributed by atoms with van der Waals surface area (Å²) in [6.07, 6.45) is -0.0915. The Morgan fingerprint density at radius 1 is 0.938 bits per heavy atom. The summed E-state index contributed by atoms with van der Waals surface area (Å²) in [4.78, 5) is 4.52. The van der Waals surface area contributed by atoms with Crippen LogP contribution >= 0.6 is 0 Å². The topological polar surface area (TPSA) is 93.7 Å². The van der Waals surface area contributed by atoms with Crippen molar-refractivity contribution in [3.8, 4) is 40.2 Å². The van der Waals surface area contributed by atoms with Gasteiger partial charge in [0.1, 0.15) is 11.9 Å². The van der Waals surface area contributed by atoms with Crippen LogP contribution in [0.1, 0.15) is 17.4 Å². The molecule has 2 aromatic heterocycles. The lowest BCUT2D eigenvalue weighted by Crippen LogP contribution is -2.21. The highest BCUT2D eigenvalue weighted by molar-refractivity contribution is 5.62. The van der Waals surface area contributed by atoms with Gasteiger partial charge < -0.3 is 23.5 Å². The predicted octanol–water partition coefficient (Wildman–Crippen LogP) is 3.90. The molecule has 0 amide bonds. The number of hydrogen-bond donors (Lipinski definition) is 0. The highest BCUT2D eigenvalue weighted by atomic mass is 16.5. The van der Waals surface area contributed by atoms with Crippen LogP contribution < -0.4 is 14.2 Å². The van der Waals surface area contributed by atoms with E-state index in [0.29, 0.717) is 42.1 Å². The molecule has 0 spiro atoms. The van der Waals surface area contributed by atoms with E-state index in [1.165, 1.54) is 0 Å². The van der Waals surface area contributed by atoms with Gasteiger partial charge in [0.05, 0.1) is 40.2 Å². The van der Waals surface area contributed by atoms with Crippen LogP contribution in [0.3, 0.4) is 0 Å². The Kier molecular flexibility index (Phi) is 5.24. The van der Waals surface area contributed by atoms with E-state index in [-0.39, 0.29) is 6.10 Å². The minimum Gasteiger partial charge on any atom is -0.497 e. The minimum absolute atomic E-state index is 0.0915. The monoisotopic (exact) mass is 434 g/mol. The van der Waals surface area contributed by atoms with E-state index in [0.717, 1.165) is 22.6 Å². The minimum atomic E-state index is -0.0915. The second-order valence-corrected chi connectivity index (χ2v) is 7.27. The lowest BCUT2D eigenvalue weighted by atomic mass is 10.1. The molecule has 0 bridgehead atoms. The summed E-state index contributed by atoms with van der Waals surface area (Å²) >= 11 is 0. The number of rotatable bonds is 6. The van der Waals surface area contributed by atoms with Crippen LogP contribution in [0.2, 0.25) is 0 Å². The van der Waals surface area contributed by atoms with Crippen LogP contribution in [-0.4, -0.2) is 41.3 Å². The van der Waals surface area contributed by atoms with Gasteiger partial charge in [0.25, 0.3) is 5.89 Å². The lowest BCUT2D eigenvalue weighted by Gasteiger charge is -2.24. The molecular weight excluding hydrogens is 412 g/mol. The average Bonchev–Trinajstić information content (AvgIpc) is 3.50. The summed E-state index contributed by atoms with van der Waals surface area (Å²) in [5, 5.41) is 8.77. The number of nitrogens with zero attached hydrogens (tertiary/aromatic N) is 4. The molecule has 3 heterocycles. The maximum Gasteiger partial charge on any atom is 0.278 e. The van der Waals surface area contributed by atoms with Gasteiger partial charge in [-0.3, -0.25) is 4.68 Å². The van der Waals surface area contributed by atoms with Gasteiger partial charge in [-0.15, -0.1) is 0 Å². The van der Waals surface area contributed by atoms with Crippen LogP contribution in [0.4, 0.5) is 0 Å². The summed E-state index contributed by atoms with van der Waals surface area (Å²) < 4.78 is 29.3. The zero-order chi connectivity index (χ0) is 22.1. The first-order valence-electron chi connectivity index (χ1n) is 10.1. The van der Waals surface area contributed by atoms with E-state index in [4.69, 9.17) is 23.5 Å². The molecule has 2 aromatic carbocycles. The molecule has 4 aromatic rings. The van der Waals surface area contributed by atoms with E-state index >= 15 is 0 Å².